The van der Waals surface area contributed by atoms with Crippen LogP contribution in [0.1, 0.15) is 47.1 Å². The van der Waals surface area contributed by atoms with Crippen LogP contribution in [0.5, 0.6) is 0 Å². The number of amides is 2. The van der Waals surface area contributed by atoms with Crippen molar-refractivity contribution >= 4 is 20.5 Å². The highest BCUT2D eigenvalue weighted by Crippen LogP contribution is 2.33. The highest BCUT2D eigenvalue weighted by Gasteiger charge is 2.40. The van der Waals surface area contributed by atoms with E-state index in [-0.39, 0.29) is 6.61 Å². The van der Waals surface area contributed by atoms with Crippen LogP contribution in [-0.2, 0) is 15.8 Å². The summed E-state index contributed by atoms with van der Waals surface area (Å²) in [6.07, 6.45) is -1.69. The van der Waals surface area contributed by atoms with Crippen LogP contribution < -0.4 is 0 Å². The molecule has 2 amide bonds. The maximum Gasteiger partial charge on any atom is 0.452 e. The van der Waals surface area contributed by atoms with Crippen molar-refractivity contribution < 1.29 is 18.8 Å². The Hall–Kier alpha value is -2.02. The summed E-state index contributed by atoms with van der Waals surface area (Å²) in [5, 5.41) is 6.84. The average molecular weight is 407 g/mol. The number of azo groups is 1. The summed E-state index contributed by atoms with van der Waals surface area (Å²) in [4.78, 5) is 24.1. The molecule has 156 valence electrons. The first-order chi connectivity index (χ1) is 13.1. The number of rotatable bonds is 9. The van der Waals surface area contributed by atoms with E-state index in [1.807, 2.05) is 30.3 Å². The van der Waals surface area contributed by atoms with Gasteiger partial charge >= 0.3 is 12.2 Å². The standard InChI is InChI=1S/C21H34N2O4Si/c1-16(2)13-28(14-17(3)4,15-18(5)6)27-21(25)23-22-20(24)26-12-19-10-8-7-9-11-19/h7-11,16-18H,12-15H2,1-6H3/b23-22+. The second-order valence-electron chi connectivity index (χ2n) is 8.59. The molecular weight excluding hydrogens is 372 g/mol. The van der Waals surface area contributed by atoms with Crippen LogP contribution in [0.25, 0.3) is 0 Å². The van der Waals surface area contributed by atoms with Crippen LogP contribution in [0.4, 0.5) is 9.59 Å². The van der Waals surface area contributed by atoms with Crippen molar-refractivity contribution in [3.05, 3.63) is 35.9 Å². The fourth-order valence-corrected chi connectivity index (χ4v) is 9.27. The lowest BCUT2D eigenvalue weighted by Crippen LogP contribution is -2.43. The molecule has 0 saturated carbocycles. The van der Waals surface area contributed by atoms with Gasteiger partial charge in [-0.3, -0.25) is 0 Å². The normalized spacial score (nSPS) is 12.2. The zero-order valence-electron chi connectivity index (χ0n) is 18.0. The molecule has 0 aliphatic heterocycles. The highest BCUT2D eigenvalue weighted by atomic mass is 28.4. The molecule has 6 nitrogen and oxygen atoms in total. The van der Waals surface area contributed by atoms with Crippen molar-refractivity contribution in [3.8, 4) is 0 Å². The predicted octanol–water partition coefficient (Wildman–Crippen LogP) is 6.83. The van der Waals surface area contributed by atoms with Crippen LogP contribution in [0.3, 0.4) is 0 Å². The van der Waals surface area contributed by atoms with Gasteiger partial charge in [-0.2, -0.15) is 0 Å². The minimum Gasteiger partial charge on any atom is -0.501 e. The molecule has 1 aromatic carbocycles. The van der Waals surface area contributed by atoms with E-state index in [1.165, 1.54) is 0 Å². The van der Waals surface area contributed by atoms with Crippen molar-refractivity contribution in [3.63, 3.8) is 0 Å². The van der Waals surface area contributed by atoms with Crippen molar-refractivity contribution in [1.82, 2.24) is 0 Å². The topological polar surface area (TPSA) is 77.3 Å². The van der Waals surface area contributed by atoms with Gasteiger partial charge in [0.05, 0.1) is 0 Å². The number of nitrogens with zero attached hydrogens (tertiary/aromatic N) is 2. The Morgan fingerprint density at radius 1 is 0.821 bits per heavy atom. The van der Waals surface area contributed by atoms with E-state index in [9.17, 15) is 9.59 Å². The molecular formula is C21H34N2O4Si. The molecule has 0 N–H and O–H groups in total. The lowest BCUT2D eigenvalue weighted by atomic mass is 10.2. The molecule has 0 radical (unpaired) electrons. The molecule has 0 saturated heterocycles. The Morgan fingerprint density at radius 2 is 1.29 bits per heavy atom. The van der Waals surface area contributed by atoms with Gasteiger partial charge < -0.3 is 9.16 Å². The van der Waals surface area contributed by atoms with E-state index in [4.69, 9.17) is 9.16 Å². The zero-order valence-corrected chi connectivity index (χ0v) is 19.0. The van der Waals surface area contributed by atoms with E-state index in [0.717, 1.165) is 23.7 Å². The molecule has 28 heavy (non-hydrogen) atoms. The molecule has 0 spiro atoms. The minimum atomic E-state index is -2.35. The summed E-state index contributed by atoms with van der Waals surface area (Å²) in [5.41, 5.74) is 0.839. The summed E-state index contributed by atoms with van der Waals surface area (Å²) in [5.74, 6) is 1.26. The molecule has 0 bridgehead atoms. The van der Waals surface area contributed by atoms with Crippen molar-refractivity contribution in [1.29, 1.82) is 0 Å². The van der Waals surface area contributed by atoms with Gasteiger partial charge in [-0.15, -0.1) is 0 Å². The summed E-state index contributed by atoms with van der Waals surface area (Å²) < 4.78 is 10.9. The van der Waals surface area contributed by atoms with Crippen molar-refractivity contribution in [2.75, 3.05) is 0 Å². The lowest BCUT2D eigenvalue weighted by Gasteiger charge is -2.34. The number of hydrogen-bond acceptors (Lipinski definition) is 4. The van der Waals surface area contributed by atoms with Gasteiger partial charge in [0.25, 0.3) is 8.32 Å². The number of ether oxygens (including phenoxy) is 1. The number of hydrogen-bond donors (Lipinski definition) is 0. The quantitative estimate of drug-likeness (QED) is 0.333. The molecule has 0 atom stereocenters. The maximum absolute atomic E-state index is 12.3. The molecule has 7 heteroatoms. The second kappa shape index (κ2) is 11.7. The average Bonchev–Trinajstić information content (AvgIpc) is 2.56. The molecule has 1 rings (SSSR count). The van der Waals surface area contributed by atoms with Crippen LogP contribution >= 0.6 is 0 Å². The van der Waals surface area contributed by atoms with Crippen LogP contribution in [-0.4, -0.2) is 20.5 Å². The monoisotopic (exact) mass is 406 g/mol. The Kier molecular flexibility index (Phi) is 10.1. The molecule has 0 fully saturated rings. The molecule has 0 aromatic heterocycles. The van der Waals surface area contributed by atoms with E-state index in [2.05, 4.69) is 51.8 Å². The number of benzene rings is 1. The van der Waals surface area contributed by atoms with Gasteiger partial charge in [0.2, 0.25) is 0 Å². The smallest absolute Gasteiger partial charge is 0.452 e. The van der Waals surface area contributed by atoms with Gasteiger partial charge in [-0.05, 0) is 41.4 Å². The van der Waals surface area contributed by atoms with Gasteiger partial charge in [-0.25, -0.2) is 9.59 Å². The summed E-state index contributed by atoms with van der Waals surface area (Å²) >= 11 is 0. The summed E-state index contributed by atoms with van der Waals surface area (Å²) in [6, 6.07) is 11.9. The third-order valence-corrected chi connectivity index (χ3v) is 9.35. The van der Waals surface area contributed by atoms with Gasteiger partial charge in [0.1, 0.15) is 6.61 Å². The van der Waals surface area contributed by atoms with E-state index < -0.39 is 20.5 Å². The number of carbonyl (C=O) groups is 2. The first-order valence-corrected chi connectivity index (χ1v) is 12.5. The second-order valence-corrected chi connectivity index (χ2v) is 12.4. The maximum atomic E-state index is 12.3. The summed E-state index contributed by atoms with van der Waals surface area (Å²) in [6.45, 7) is 12.9. The minimum absolute atomic E-state index is 0.0838. The Balaban J connectivity index is 2.74. The van der Waals surface area contributed by atoms with Gasteiger partial charge in [-0.1, -0.05) is 82.1 Å². The van der Waals surface area contributed by atoms with Crippen LogP contribution in [0.15, 0.2) is 40.6 Å². The van der Waals surface area contributed by atoms with Crippen molar-refractivity contribution in [2.45, 2.75) is 66.3 Å². The SMILES string of the molecule is CC(C)C[Si](CC(C)C)(CC(C)C)OC(=O)/N=N/C(=O)OCc1ccccc1. The zero-order chi connectivity index (χ0) is 21.2. The van der Waals surface area contributed by atoms with E-state index in [0.29, 0.717) is 17.8 Å². The van der Waals surface area contributed by atoms with Crippen molar-refractivity contribution in [2.24, 2.45) is 28.0 Å². The largest absolute Gasteiger partial charge is 0.501 e. The summed E-state index contributed by atoms with van der Waals surface area (Å²) in [7, 11) is -2.35. The van der Waals surface area contributed by atoms with Gasteiger partial charge in [0, 0.05) is 0 Å². The molecule has 0 aliphatic carbocycles. The first kappa shape index (κ1) is 24.0. The van der Waals surface area contributed by atoms with Gasteiger partial charge in [0.15, 0.2) is 0 Å². The highest BCUT2D eigenvalue weighted by molar-refractivity contribution is 6.75. The Bertz CT molecular complexity index is 619. The Labute approximate surface area is 169 Å². The third-order valence-electron chi connectivity index (χ3n) is 4.06. The lowest BCUT2D eigenvalue weighted by molar-refractivity contribution is 0.147. The number of carbonyl (C=O) groups excluding carboxylic acids is 2. The Morgan fingerprint density at radius 3 is 1.75 bits per heavy atom. The van der Waals surface area contributed by atoms with E-state index in [1.54, 1.807) is 0 Å². The molecule has 1 aromatic rings. The van der Waals surface area contributed by atoms with Crippen LogP contribution in [0, 0.1) is 17.8 Å². The van der Waals surface area contributed by atoms with Crippen LogP contribution in [0.2, 0.25) is 18.1 Å². The first-order valence-electron chi connectivity index (χ1n) is 9.97. The molecule has 0 heterocycles. The fourth-order valence-electron chi connectivity index (χ4n) is 3.64. The van der Waals surface area contributed by atoms with E-state index >= 15 is 0 Å². The fraction of sp³-hybridized carbons (Fsp3) is 0.619. The molecule has 0 aliphatic rings. The third kappa shape index (κ3) is 9.78. The molecule has 0 unspecified atom stereocenters. The predicted molar refractivity (Wildman–Crippen MR) is 113 cm³/mol.